The Morgan fingerprint density at radius 2 is 2.18 bits per heavy atom. The number of rotatable bonds is 7. The Kier molecular flexibility index (Phi) is 6.22. The highest BCUT2D eigenvalue weighted by Crippen LogP contribution is 2.21. The van der Waals surface area contributed by atoms with Crippen molar-refractivity contribution in [3.63, 3.8) is 0 Å². The van der Waals surface area contributed by atoms with Gasteiger partial charge in [-0.2, -0.15) is 0 Å². The van der Waals surface area contributed by atoms with E-state index in [0.717, 1.165) is 19.5 Å². The molecule has 17 heavy (non-hydrogen) atoms. The summed E-state index contributed by atoms with van der Waals surface area (Å²) in [5.74, 6) is 0.133. The predicted molar refractivity (Wildman–Crippen MR) is 73.4 cm³/mol. The van der Waals surface area contributed by atoms with E-state index in [0.29, 0.717) is 12.5 Å². The van der Waals surface area contributed by atoms with E-state index in [1.165, 1.54) is 9.75 Å². The van der Waals surface area contributed by atoms with Crippen LogP contribution in [0.2, 0.25) is 0 Å². The quantitative estimate of drug-likeness (QED) is 0.785. The fourth-order valence-electron chi connectivity index (χ4n) is 1.54. The summed E-state index contributed by atoms with van der Waals surface area (Å²) in [7, 11) is 0. The van der Waals surface area contributed by atoms with Gasteiger partial charge in [0.15, 0.2) is 0 Å². The first-order valence-corrected chi connectivity index (χ1v) is 7.01. The first-order chi connectivity index (χ1) is 8.13. The summed E-state index contributed by atoms with van der Waals surface area (Å²) in [5, 5.41) is 6.24. The van der Waals surface area contributed by atoms with Crippen molar-refractivity contribution in [1.82, 2.24) is 10.6 Å². The first kappa shape index (κ1) is 14.2. The number of nitrogens with one attached hydrogen (secondary N) is 2. The Bertz CT molecular complexity index is 349. The summed E-state index contributed by atoms with van der Waals surface area (Å²) >= 11 is 1.81. The third-order valence-electron chi connectivity index (χ3n) is 2.56. The van der Waals surface area contributed by atoms with Crippen molar-refractivity contribution >= 4 is 17.2 Å². The predicted octanol–water partition coefficient (Wildman–Crippen LogP) is 2.62. The van der Waals surface area contributed by atoms with E-state index in [-0.39, 0.29) is 5.91 Å². The fourth-order valence-corrected chi connectivity index (χ4v) is 2.45. The SMILES string of the molecule is CCCNC(=O)CCNC(C)c1ccc(C)s1. The van der Waals surface area contributed by atoms with Crippen LogP contribution in [-0.2, 0) is 4.79 Å². The zero-order valence-corrected chi connectivity index (χ0v) is 11.7. The molecule has 0 bridgehead atoms. The number of hydrogen-bond acceptors (Lipinski definition) is 3. The molecule has 0 fully saturated rings. The lowest BCUT2D eigenvalue weighted by atomic mass is 10.2. The topological polar surface area (TPSA) is 41.1 Å². The maximum atomic E-state index is 11.4. The average Bonchev–Trinajstić information content (AvgIpc) is 2.73. The lowest BCUT2D eigenvalue weighted by Crippen LogP contribution is -2.29. The molecule has 1 atom stereocenters. The van der Waals surface area contributed by atoms with Gasteiger partial charge in [-0.15, -0.1) is 11.3 Å². The lowest BCUT2D eigenvalue weighted by molar-refractivity contribution is -0.121. The zero-order valence-electron chi connectivity index (χ0n) is 10.9. The molecule has 96 valence electrons. The minimum absolute atomic E-state index is 0.133. The molecule has 1 amide bonds. The number of amides is 1. The van der Waals surface area contributed by atoms with Crippen LogP contribution in [0.5, 0.6) is 0 Å². The molecule has 0 saturated heterocycles. The number of hydrogen-bond donors (Lipinski definition) is 2. The van der Waals surface area contributed by atoms with Gasteiger partial charge < -0.3 is 10.6 Å². The third-order valence-corrected chi connectivity index (χ3v) is 3.75. The van der Waals surface area contributed by atoms with Gasteiger partial charge in [-0.3, -0.25) is 4.79 Å². The molecular formula is C13H22N2OS. The van der Waals surface area contributed by atoms with Crippen molar-refractivity contribution in [2.45, 2.75) is 39.7 Å². The second-order valence-corrected chi connectivity index (χ2v) is 5.54. The molecule has 0 radical (unpaired) electrons. The minimum Gasteiger partial charge on any atom is -0.356 e. The van der Waals surface area contributed by atoms with Crippen LogP contribution in [0, 0.1) is 6.92 Å². The highest BCUT2D eigenvalue weighted by atomic mass is 32.1. The molecule has 0 saturated carbocycles. The molecule has 2 N–H and O–H groups in total. The van der Waals surface area contributed by atoms with Crippen LogP contribution in [0.4, 0.5) is 0 Å². The smallest absolute Gasteiger partial charge is 0.221 e. The molecule has 3 nitrogen and oxygen atoms in total. The van der Waals surface area contributed by atoms with E-state index < -0.39 is 0 Å². The normalized spacial score (nSPS) is 12.4. The van der Waals surface area contributed by atoms with E-state index >= 15 is 0 Å². The van der Waals surface area contributed by atoms with Gasteiger partial charge in [-0.25, -0.2) is 0 Å². The standard InChI is InChI=1S/C13H22N2OS/c1-4-8-15-13(16)7-9-14-11(3)12-6-5-10(2)17-12/h5-6,11,14H,4,7-9H2,1-3H3,(H,15,16). The molecule has 1 aromatic rings. The van der Waals surface area contributed by atoms with Gasteiger partial charge in [0.05, 0.1) is 0 Å². The summed E-state index contributed by atoms with van der Waals surface area (Å²) in [6.45, 7) is 7.81. The van der Waals surface area contributed by atoms with Crippen molar-refractivity contribution < 1.29 is 4.79 Å². The van der Waals surface area contributed by atoms with Gasteiger partial charge in [0, 0.05) is 35.3 Å². The molecule has 0 aliphatic carbocycles. The van der Waals surface area contributed by atoms with Crippen LogP contribution in [0.3, 0.4) is 0 Å². The number of carbonyl (C=O) groups excluding carboxylic acids is 1. The van der Waals surface area contributed by atoms with Gasteiger partial charge in [-0.05, 0) is 32.4 Å². The van der Waals surface area contributed by atoms with E-state index in [2.05, 4.69) is 43.5 Å². The van der Waals surface area contributed by atoms with Crippen LogP contribution < -0.4 is 10.6 Å². The first-order valence-electron chi connectivity index (χ1n) is 6.20. The number of carbonyl (C=O) groups is 1. The zero-order chi connectivity index (χ0) is 12.7. The van der Waals surface area contributed by atoms with Gasteiger partial charge in [0.1, 0.15) is 0 Å². The molecule has 1 heterocycles. The molecule has 0 aromatic carbocycles. The molecule has 0 aliphatic heterocycles. The van der Waals surface area contributed by atoms with Gasteiger partial charge >= 0.3 is 0 Å². The number of thiophene rings is 1. The van der Waals surface area contributed by atoms with Crippen LogP contribution in [0.1, 0.15) is 42.5 Å². The molecule has 0 spiro atoms. The van der Waals surface area contributed by atoms with Crippen LogP contribution >= 0.6 is 11.3 Å². The highest BCUT2D eigenvalue weighted by Gasteiger charge is 2.07. The van der Waals surface area contributed by atoms with Gasteiger partial charge in [-0.1, -0.05) is 6.92 Å². The van der Waals surface area contributed by atoms with Gasteiger partial charge in [0.2, 0.25) is 5.91 Å². The van der Waals surface area contributed by atoms with E-state index in [9.17, 15) is 4.79 Å². The minimum atomic E-state index is 0.133. The average molecular weight is 254 g/mol. The largest absolute Gasteiger partial charge is 0.356 e. The van der Waals surface area contributed by atoms with Crippen LogP contribution in [-0.4, -0.2) is 19.0 Å². The Hall–Kier alpha value is -0.870. The summed E-state index contributed by atoms with van der Waals surface area (Å²) in [5.41, 5.74) is 0. The third kappa shape index (κ3) is 5.33. The Labute approximate surface area is 108 Å². The molecule has 1 aromatic heterocycles. The lowest BCUT2D eigenvalue weighted by Gasteiger charge is -2.11. The second kappa shape index (κ2) is 7.45. The van der Waals surface area contributed by atoms with Crippen molar-refractivity contribution in [3.05, 3.63) is 21.9 Å². The highest BCUT2D eigenvalue weighted by molar-refractivity contribution is 7.12. The Morgan fingerprint density at radius 3 is 2.76 bits per heavy atom. The van der Waals surface area contributed by atoms with Crippen molar-refractivity contribution in [3.8, 4) is 0 Å². The number of aryl methyl sites for hydroxylation is 1. The molecule has 1 unspecified atom stereocenters. The van der Waals surface area contributed by atoms with Crippen molar-refractivity contribution in [2.75, 3.05) is 13.1 Å². The van der Waals surface area contributed by atoms with Crippen molar-refractivity contribution in [1.29, 1.82) is 0 Å². The summed E-state index contributed by atoms with van der Waals surface area (Å²) in [4.78, 5) is 14.0. The van der Waals surface area contributed by atoms with Gasteiger partial charge in [0.25, 0.3) is 0 Å². The van der Waals surface area contributed by atoms with E-state index in [1.807, 2.05) is 0 Å². The Balaban J connectivity index is 2.20. The molecule has 1 rings (SSSR count). The van der Waals surface area contributed by atoms with E-state index in [1.54, 1.807) is 11.3 Å². The summed E-state index contributed by atoms with van der Waals surface area (Å²) in [6, 6.07) is 4.61. The fraction of sp³-hybridized carbons (Fsp3) is 0.615. The Morgan fingerprint density at radius 1 is 1.41 bits per heavy atom. The van der Waals surface area contributed by atoms with E-state index in [4.69, 9.17) is 0 Å². The van der Waals surface area contributed by atoms with Crippen LogP contribution in [0.15, 0.2) is 12.1 Å². The monoisotopic (exact) mass is 254 g/mol. The second-order valence-electron chi connectivity index (χ2n) is 4.22. The van der Waals surface area contributed by atoms with Crippen molar-refractivity contribution in [2.24, 2.45) is 0 Å². The van der Waals surface area contributed by atoms with Crippen LogP contribution in [0.25, 0.3) is 0 Å². The molecular weight excluding hydrogens is 232 g/mol. The maximum Gasteiger partial charge on any atom is 0.221 e. The maximum absolute atomic E-state index is 11.4. The molecule has 4 heteroatoms. The molecule has 0 aliphatic rings. The summed E-state index contributed by atoms with van der Waals surface area (Å²) < 4.78 is 0. The summed E-state index contributed by atoms with van der Waals surface area (Å²) in [6.07, 6.45) is 1.54.